The number of esters is 1. The summed E-state index contributed by atoms with van der Waals surface area (Å²) in [6, 6.07) is 11.5. The van der Waals surface area contributed by atoms with E-state index < -0.39 is 5.92 Å². The minimum Gasteiger partial charge on any atom is -0.494 e. The van der Waals surface area contributed by atoms with Gasteiger partial charge in [0.05, 0.1) is 31.3 Å². The van der Waals surface area contributed by atoms with Gasteiger partial charge in [0.2, 0.25) is 0 Å². The number of ether oxygens (including phenoxy) is 2. The molecule has 0 aliphatic carbocycles. The van der Waals surface area contributed by atoms with Crippen molar-refractivity contribution in [3.63, 3.8) is 0 Å². The number of benzene rings is 1. The summed E-state index contributed by atoms with van der Waals surface area (Å²) >= 11 is 0. The Kier molecular flexibility index (Phi) is 5.36. The zero-order chi connectivity index (χ0) is 15.9. The van der Waals surface area contributed by atoms with Crippen LogP contribution in [0.15, 0.2) is 42.6 Å². The van der Waals surface area contributed by atoms with Crippen LogP contribution in [0.1, 0.15) is 24.1 Å². The van der Waals surface area contributed by atoms with Crippen LogP contribution < -0.4 is 10.5 Å². The molecule has 116 valence electrons. The Morgan fingerprint density at radius 1 is 1.32 bits per heavy atom. The second kappa shape index (κ2) is 7.45. The van der Waals surface area contributed by atoms with Crippen molar-refractivity contribution in [1.82, 2.24) is 4.98 Å². The first-order valence-corrected chi connectivity index (χ1v) is 7.15. The minimum atomic E-state index is -0.489. The highest BCUT2D eigenvalue weighted by atomic mass is 16.5. The van der Waals surface area contributed by atoms with Crippen LogP contribution in [-0.4, -0.2) is 24.7 Å². The van der Waals surface area contributed by atoms with Crippen LogP contribution in [0.25, 0.3) is 0 Å². The largest absolute Gasteiger partial charge is 0.494 e. The third-order valence-electron chi connectivity index (χ3n) is 3.35. The number of carbonyl (C=O) groups is 1. The summed E-state index contributed by atoms with van der Waals surface area (Å²) in [5.41, 5.74) is 7.85. The summed E-state index contributed by atoms with van der Waals surface area (Å²) in [4.78, 5) is 16.6. The van der Waals surface area contributed by atoms with E-state index in [9.17, 15) is 4.79 Å². The van der Waals surface area contributed by atoms with E-state index in [1.165, 1.54) is 13.3 Å². The minimum absolute atomic E-state index is 0.300. The highest BCUT2D eigenvalue weighted by molar-refractivity contribution is 5.78. The summed E-state index contributed by atoms with van der Waals surface area (Å²) < 4.78 is 10.4. The van der Waals surface area contributed by atoms with Gasteiger partial charge in [0.1, 0.15) is 11.7 Å². The standard InChI is InChI=1S/C17H20N2O3/c1-3-22-17(20)13(9-12-7-5-4-6-8-12)15-10-16(21-2)14(18)11-19-15/h4-8,10-11,13H,3,9,18H2,1-2H3/t13-/m1/s1. The quantitative estimate of drug-likeness (QED) is 0.830. The number of anilines is 1. The van der Waals surface area contributed by atoms with Gasteiger partial charge in [-0.1, -0.05) is 30.3 Å². The molecule has 0 saturated heterocycles. The van der Waals surface area contributed by atoms with Crippen LogP contribution in [0.5, 0.6) is 5.75 Å². The molecule has 0 unspecified atom stereocenters. The van der Waals surface area contributed by atoms with E-state index in [0.717, 1.165) is 5.56 Å². The fraction of sp³-hybridized carbons (Fsp3) is 0.294. The van der Waals surface area contributed by atoms with E-state index in [1.54, 1.807) is 13.0 Å². The zero-order valence-electron chi connectivity index (χ0n) is 12.8. The maximum Gasteiger partial charge on any atom is 0.315 e. The van der Waals surface area contributed by atoms with Crippen LogP contribution >= 0.6 is 0 Å². The Morgan fingerprint density at radius 3 is 2.68 bits per heavy atom. The normalized spacial score (nSPS) is 11.7. The van der Waals surface area contributed by atoms with Gasteiger partial charge >= 0.3 is 5.97 Å². The highest BCUT2D eigenvalue weighted by Gasteiger charge is 2.24. The van der Waals surface area contributed by atoms with Gasteiger partial charge in [-0.2, -0.15) is 0 Å². The first kappa shape index (κ1) is 15.8. The number of rotatable bonds is 6. The first-order chi connectivity index (χ1) is 10.7. The average Bonchev–Trinajstić information content (AvgIpc) is 2.54. The third-order valence-corrected chi connectivity index (χ3v) is 3.35. The van der Waals surface area contributed by atoms with E-state index in [1.807, 2.05) is 30.3 Å². The Hall–Kier alpha value is -2.56. The maximum absolute atomic E-state index is 12.3. The van der Waals surface area contributed by atoms with Crippen LogP contribution in [0, 0.1) is 0 Å². The van der Waals surface area contributed by atoms with Gasteiger partial charge in [0.25, 0.3) is 0 Å². The molecule has 2 N–H and O–H groups in total. The van der Waals surface area contributed by atoms with Gasteiger partial charge in [-0.25, -0.2) is 0 Å². The van der Waals surface area contributed by atoms with Gasteiger partial charge < -0.3 is 15.2 Å². The summed E-state index contributed by atoms with van der Waals surface area (Å²) in [5, 5.41) is 0. The van der Waals surface area contributed by atoms with Crippen LogP contribution in [0.3, 0.4) is 0 Å². The van der Waals surface area contributed by atoms with Crippen molar-refractivity contribution in [3.05, 3.63) is 53.9 Å². The number of hydrogen-bond donors (Lipinski definition) is 1. The van der Waals surface area contributed by atoms with Crippen molar-refractivity contribution < 1.29 is 14.3 Å². The highest BCUT2D eigenvalue weighted by Crippen LogP contribution is 2.27. The van der Waals surface area contributed by atoms with Crippen molar-refractivity contribution in [2.24, 2.45) is 0 Å². The molecule has 1 heterocycles. The van der Waals surface area contributed by atoms with Gasteiger partial charge in [0, 0.05) is 6.07 Å². The predicted octanol–water partition coefficient (Wildman–Crippen LogP) is 2.56. The zero-order valence-corrected chi connectivity index (χ0v) is 12.8. The lowest BCUT2D eigenvalue weighted by Crippen LogP contribution is -2.19. The van der Waals surface area contributed by atoms with Crippen LogP contribution in [0.2, 0.25) is 0 Å². The lowest BCUT2D eigenvalue weighted by atomic mass is 9.95. The second-order valence-corrected chi connectivity index (χ2v) is 4.85. The fourth-order valence-electron chi connectivity index (χ4n) is 2.23. The Labute approximate surface area is 130 Å². The van der Waals surface area contributed by atoms with Crippen molar-refractivity contribution in [3.8, 4) is 5.75 Å². The van der Waals surface area contributed by atoms with Gasteiger partial charge in [-0.3, -0.25) is 9.78 Å². The molecule has 2 aromatic rings. The van der Waals surface area contributed by atoms with Gasteiger partial charge in [-0.05, 0) is 18.9 Å². The van der Waals surface area contributed by atoms with E-state index in [4.69, 9.17) is 15.2 Å². The molecule has 0 spiro atoms. The number of carbonyl (C=O) groups excluding carboxylic acids is 1. The number of nitrogens with two attached hydrogens (primary N) is 1. The van der Waals surface area contributed by atoms with Gasteiger partial charge in [-0.15, -0.1) is 0 Å². The molecule has 2 rings (SSSR count). The second-order valence-electron chi connectivity index (χ2n) is 4.85. The molecule has 0 fully saturated rings. The monoisotopic (exact) mass is 300 g/mol. The summed E-state index contributed by atoms with van der Waals surface area (Å²) in [6.07, 6.45) is 2.02. The van der Waals surface area contributed by atoms with Gasteiger partial charge in [0.15, 0.2) is 0 Å². The van der Waals surface area contributed by atoms with Crippen molar-refractivity contribution in [2.75, 3.05) is 19.5 Å². The Bertz CT molecular complexity index is 629. The van der Waals surface area contributed by atoms with E-state index >= 15 is 0 Å². The average molecular weight is 300 g/mol. The molecule has 0 bridgehead atoms. The summed E-state index contributed by atoms with van der Waals surface area (Å²) in [5.74, 6) is -0.283. The molecule has 0 radical (unpaired) electrons. The van der Waals surface area contributed by atoms with E-state index in [-0.39, 0.29) is 5.97 Å². The van der Waals surface area contributed by atoms with Crippen LogP contribution in [0.4, 0.5) is 5.69 Å². The van der Waals surface area contributed by atoms with Crippen molar-refractivity contribution >= 4 is 11.7 Å². The lowest BCUT2D eigenvalue weighted by Gasteiger charge is -2.16. The molecule has 0 aliphatic heterocycles. The number of hydrogen-bond acceptors (Lipinski definition) is 5. The maximum atomic E-state index is 12.3. The molecular weight excluding hydrogens is 280 g/mol. The van der Waals surface area contributed by atoms with Crippen LogP contribution in [-0.2, 0) is 16.0 Å². The van der Waals surface area contributed by atoms with Crippen molar-refractivity contribution in [2.45, 2.75) is 19.3 Å². The topological polar surface area (TPSA) is 74.4 Å². The molecule has 1 aromatic carbocycles. The molecule has 5 nitrogen and oxygen atoms in total. The van der Waals surface area contributed by atoms with E-state index in [2.05, 4.69) is 4.98 Å². The molecule has 0 saturated carbocycles. The van der Waals surface area contributed by atoms with E-state index in [0.29, 0.717) is 30.2 Å². The number of aromatic nitrogens is 1. The number of pyridine rings is 1. The third kappa shape index (κ3) is 3.75. The number of nitrogen functional groups attached to an aromatic ring is 1. The molecule has 5 heteroatoms. The lowest BCUT2D eigenvalue weighted by molar-refractivity contribution is -0.145. The van der Waals surface area contributed by atoms with Crippen molar-refractivity contribution in [1.29, 1.82) is 0 Å². The molecule has 1 aromatic heterocycles. The SMILES string of the molecule is CCOC(=O)[C@H](Cc1ccccc1)c1cc(OC)c(N)cn1. The molecule has 22 heavy (non-hydrogen) atoms. The molecule has 0 aliphatic rings. The number of methoxy groups -OCH3 is 1. The Morgan fingerprint density at radius 2 is 2.05 bits per heavy atom. The molecule has 0 amide bonds. The summed E-state index contributed by atoms with van der Waals surface area (Å²) in [6.45, 7) is 2.12. The fourth-order valence-corrected chi connectivity index (χ4v) is 2.23. The number of nitrogens with zero attached hydrogens (tertiary/aromatic N) is 1. The summed E-state index contributed by atoms with van der Waals surface area (Å²) in [7, 11) is 1.53. The molecule has 1 atom stereocenters. The molecular formula is C17H20N2O3. The predicted molar refractivity (Wildman–Crippen MR) is 84.7 cm³/mol. The first-order valence-electron chi connectivity index (χ1n) is 7.15. The Balaban J connectivity index is 2.33. The smallest absolute Gasteiger partial charge is 0.315 e.